The predicted octanol–water partition coefficient (Wildman–Crippen LogP) is 2.11. The fourth-order valence-corrected chi connectivity index (χ4v) is 2.61. The Morgan fingerprint density at radius 2 is 1.56 bits per heavy atom. The molecule has 0 aromatic heterocycles. The molecule has 0 aliphatic carbocycles. The molecule has 0 bridgehead atoms. The van der Waals surface area contributed by atoms with Crippen molar-refractivity contribution < 1.29 is 28.6 Å². The lowest BCUT2D eigenvalue weighted by Crippen LogP contribution is -2.33. The monoisotopic (exact) mass is 341 g/mol. The van der Waals surface area contributed by atoms with E-state index in [9.17, 15) is 14.4 Å². The van der Waals surface area contributed by atoms with Gasteiger partial charge in [0.1, 0.15) is 5.56 Å². The lowest BCUT2D eigenvalue weighted by atomic mass is 10.1. The van der Waals surface area contributed by atoms with E-state index in [1.54, 1.807) is 36.4 Å². The number of nitrogens with zero attached hydrogens (tertiary/aromatic N) is 1. The number of methoxy groups -OCH3 is 2. The molecule has 2 aromatic rings. The Kier molecular flexibility index (Phi) is 4.38. The topological polar surface area (TPSA) is 82.1 Å². The van der Waals surface area contributed by atoms with Crippen LogP contribution in [-0.4, -0.2) is 43.6 Å². The highest BCUT2D eigenvalue weighted by Gasteiger charge is 2.36. The maximum Gasteiger partial charge on any atom is 0.343 e. The van der Waals surface area contributed by atoms with E-state index in [-0.39, 0.29) is 11.3 Å². The van der Waals surface area contributed by atoms with Crippen LogP contribution in [0.15, 0.2) is 42.5 Å². The minimum atomic E-state index is -0.729. The van der Waals surface area contributed by atoms with Crippen LogP contribution in [0, 0.1) is 0 Å². The van der Waals surface area contributed by atoms with Crippen molar-refractivity contribution in [3.8, 4) is 11.5 Å². The molecule has 0 fully saturated rings. The first kappa shape index (κ1) is 16.5. The largest absolute Gasteiger partial charge is 0.493 e. The molecule has 0 spiro atoms. The zero-order valence-corrected chi connectivity index (χ0v) is 13.6. The summed E-state index contributed by atoms with van der Waals surface area (Å²) in [6, 6.07) is 11.2. The number of imide groups is 1. The number of ether oxygens (including phenoxy) is 3. The van der Waals surface area contributed by atoms with Crippen LogP contribution in [-0.2, 0) is 4.74 Å². The third-order valence-electron chi connectivity index (χ3n) is 3.83. The quantitative estimate of drug-likeness (QED) is 0.612. The summed E-state index contributed by atoms with van der Waals surface area (Å²) in [5, 5.41) is 0. The number of esters is 1. The van der Waals surface area contributed by atoms with E-state index in [0.717, 1.165) is 4.90 Å². The molecule has 0 unspecified atom stereocenters. The molecule has 0 saturated heterocycles. The van der Waals surface area contributed by atoms with Gasteiger partial charge in [-0.25, -0.2) is 9.69 Å². The summed E-state index contributed by atoms with van der Waals surface area (Å²) >= 11 is 0. The zero-order valence-electron chi connectivity index (χ0n) is 13.6. The van der Waals surface area contributed by atoms with Gasteiger partial charge in [0.05, 0.1) is 25.3 Å². The van der Waals surface area contributed by atoms with E-state index in [1.165, 1.54) is 20.3 Å². The van der Waals surface area contributed by atoms with Crippen molar-refractivity contribution in [2.75, 3.05) is 21.0 Å². The van der Waals surface area contributed by atoms with Crippen LogP contribution in [0.1, 0.15) is 31.1 Å². The number of carbonyl (C=O) groups excluding carboxylic acids is 3. The van der Waals surface area contributed by atoms with E-state index in [4.69, 9.17) is 14.2 Å². The van der Waals surface area contributed by atoms with Crippen molar-refractivity contribution in [2.24, 2.45) is 0 Å². The van der Waals surface area contributed by atoms with Crippen molar-refractivity contribution in [1.82, 2.24) is 4.90 Å². The van der Waals surface area contributed by atoms with Crippen molar-refractivity contribution in [3.63, 3.8) is 0 Å². The Labute approximate surface area is 143 Å². The van der Waals surface area contributed by atoms with Crippen LogP contribution < -0.4 is 9.47 Å². The molecule has 128 valence electrons. The second kappa shape index (κ2) is 6.64. The number of hydrogen-bond donors (Lipinski definition) is 0. The second-order valence-corrected chi connectivity index (χ2v) is 5.19. The van der Waals surface area contributed by atoms with Crippen LogP contribution in [0.4, 0.5) is 0 Å². The molecular formula is C18H15NO6. The van der Waals surface area contributed by atoms with Crippen LogP contribution in [0.25, 0.3) is 0 Å². The van der Waals surface area contributed by atoms with Gasteiger partial charge in [-0.3, -0.25) is 9.59 Å². The highest BCUT2D eigenvalue weighted by atomic mass is 16.6. The van der Waals surface area contributed by atoms with Gasteiger partial charge < -0.3 is 14.2 Å². The number of carbonyl (C=O) groups is 3. The maximum atomic E-state index is 12.3. The fraction of sp³-hybridized carbons (Fsp3) is 0.167. The van der Waals surface area contributed by atoms with Crippen LogP contribution in [0.2, 0.25) is 0 Å². The number of para-hydroxylation sites is 1. The fourth-order valence-electron chi connectivity index (χ4n) is 2.61. The molecule has 25 heavy (non-hydrogen) atoms. The van der Waals surface area contributed by atoms with E-state index < -0.39 is 24.5 Å². The summed E-state index contributed by atoms with van der Waals surface area (Å²) in [6.07, 6.45) is 0. The molecule has 0 N–H and O–H groups in total. The molecule has 7 nitrogen and oxygen atoms in total. The van der Waals surface area contributed by atoms with Gasteiger partial charge in [-0.05, 0) is 24.3 Å². The first-order valence-electron chi connectivity index (χ1n) is 7.41. The number of benzene rings is 2. The molecule has 0 atom stereocenters. The van der Waals surface area contributed by atoms with E-state index in [0.29, 0.717) is 16.9 Å². The van der Waals surface area contributed by atoms with Crippen LogP contribution in [0.5, 0.6) is 11.5 Å². The molecule has 2 aromatic carbocycles. The van der Waals surface area contributed by atoms with Gasteiger partial charge in [0.2, 0.25) is 0 Å². The molecule has 2 amide bonds. The van der Waals surface area contributed by atoms with Gasteiger partial charge in [-0.15, -0.1) is 0 Å². The first-order valence-corrected chi connectivity index (χ1v) is 7.41. The second-order valence-electron chi connectivity index (χ2n) is 5.19. The SMILES string of the molecule is COc1cccc(C(=O)OCN2C(=O)c3ccccc3C2=O)c1OC. The number of amides is 2. The van der Waals surface area contributed by atoms with E-state index >= 15 is 0 Å². The lowest BCUT2D eigenvalue weighted by Gasteiger charge is -2.15. The Morgan fingerprint density at radius 1 is 0.920 bits per heavy atom. The molecule has 0 radical (unpaired) electrons. The van der Waals surface area contributed by atoms with Gasteiger partial charge in [-0.2, -0.15) is 0 Å². The number of rotatable bonds is 5. The first-order chi connectivity index (χ1) is 12.1. The van der Waals surface area contributed by atoms with Crippen molar-refractivity contribution in [3.05, 3.63) is 59.2 Å². The Morgan fingerprint density at radius 3 is 2.12 bits per heavy atom. The summed E-state index contributed by atoms with van der Waals surface area (Å²) in [4.78, 5) is 37.7. The molecular weight excluding hydrogens is 326 g/mol. The third-order valence-corrected chi connectivity index (χ3v) is 3.83. The average molecular weight is 341 g/mol. The molecule has 1 aliphatic rings. The molecule has 7 heteroatoms. The maximum absolute atomic E-state index is 12.3. The summed E-state index contributed by atoms with van der Waals surface area (Å²) in [5.41, 5.74) is 0.725. The number of hydrogen-bond acceptors (Lipinski definition) is 6. The Bertz CT molecular complexity index is 825. The van der Waals surface area contributed by atoms with E-state index in [2.05, 4.69) is 0 Å². The van der Waals surface area contributed by atoms with Gasteiger partial charge in [0.15, 0.2) is 18.2 Å². The minimum Gasteiger partial charge on any atom is -0.493 e. The Hall–Kier alpha value is -3.35. The van der Waals surface area contributed by atoms with Gasteiger partial charge in [-0.1, -0.05) is 18.2 Å². The Balaban J connectivity index is 1.76. The minimum absolute atomic E-state index is 0.137. The molecule has 0 saturated carbocycles. The molecule has 3 rings (SSSR count). The normalized spacial score (nSPS) is 12.8. The van der Waals surface area contributed by atoms with Crippen LogP contribution in [0.3, 0.4) is 0 Å². The van der Waals surface area contributed by atoms with Crippen molar-refractivity contribution >= 4 is 17.8 Å². The summed E-state index contributed by atoms with van der Waals surface area (Å²) in [5.74, 6) is -1.13. The highest BCUT2D eigenvalue weighted by molar-refractivity contribution is 6.21. The summed E-state index contributed by atoms with van der Waals surface area (Å²) in [6.45, 7) is -0.481. The zero-order chi connectivity index (χ0) is 18.0. The molecule has 1 heterocycles. The summed E-state index contributed by atoms with van der Waals surface area (Å²) in [7, 11) is 2.85. The van der Waals surface area contributed by atoms with Crippen LogP contribution >= 0.6 is 0 Å². The third kappa shape index (κ3) is 2.80. The summed E-state index contributed by atoms with van der Waals surface area (Å²) < 4.78 is 15.4. The predicted molar refractivity (Wildman–Crippen MR) is 86.8 cm³/mol. The van der Waals surface area contributed by atoms with Gasteiger partial charge in [0.25, 0.3) is 11.8 Å². The van der Waals surface area contributed by atoms with Crippen molar-refractivity contribution in [1.29, 1.82) is 0 Å². The highest BCUT2D eigenvalue weighted by Crippen LogP contribution is 2.31. The lowest BCUT2D eigenvalue weighted by molar-refractivity contribution is 0.0225. The smallest absolute Gasteiger partial charge is 0.343 e. The van der Waals surface area contributed by atoms with Gasteiger partial charge >= 0.3 is 5.97 Å². The standard InChI is InChI=1S/C18H15NO6/c1-23-14-9-5-8-13(15(14)24-2)18(22)25-10-19-16(20)11-6-3-4-7-12(11)17(19)21/h3-9H,10H2,1-2H3. The average Bonchev–Trinajstić information content (AvgIpc) is 2.89. The molecule has 1 aliphatic heterocycles. The number of fused-ring (bicyclic) bond motifs is 1. The van der Waals surface area contributed by atoms with Gasteiger partial charge in [0, 0.05) is 0 Å². The van der Waals surface area contributed by atoms with E-state index in [1.807, 2.05) is 0 Å². The van der Waals surface area contributed by atoms with Crippen molar-refractivity contribution in [2.45, 2.75) is 0 Å².